The number of hydrogen-bond acceptors (Lipinski definition) is 3. The molecule has 1 N–H and O–H groups in total. The molecule has 0 bridgehead atoms. The van der Waals surface area contributed by atoms with Crippen LogP contribution >= 0.6 is 0 Å². The number of rotatable bonds is 3. The van der Waals surface area contributed by atoms with Crippen LogP contribution in [-0.4, -0.2) is 26.3 Å². The predicted octanol–water partition coefficient (Wildman–Crippen LogP) is 1.61. The highest BCUT2D eigenvalue weighted by Gasteiger charge is 2.19. The molecule has 122 valence electrons. The van der Waals surface area contributed by atoms with E-state index in [0.717, 1.165) is 50.9 Å². The van der Waals surface area contributed by atoms with Gasteiger partial charge in [-0.2, -0.15) is 5.10 Å². The van der Waals surface area contributed by atoms with Crippen molar-refractivity contribution in [1.82, 2.24) is 19.7 Å². The van der Waals surface area contributed by atoms with E-state index in [0.29, 0.717) is 0 Å². The summed E-state index contributed by atoms with van der Waals surface area (Å²) in [4.78, 5) is 24.5. The zero-order valence-corrected chi connectivity index (χ0v) is 13.2. The van der Waals surface area contributed by atoms with Crippen molar-refractivity contribution in [3.05, 3.63) is 16.3 Å². The average molecular weight is 306 g/mol. The van der Waals surface area contributed by atoms with Gasteiger partial charge in [0.1, 0.15) is 12.4 Å². The van der Waals surface area contributed by atoms with Crippen LogP contribution in [-0.2, 0) is 24.3 Å². The second kappa shape index (κ2) is 7.11. The minimum absolute atomic E-state index is 0.0509. The van der Waals surface area contributed by atoms with E-state index in [1.54, 1.807) is 4.57 Å². The summed E-state index contributed by atoms with van der Waals surface area (Å²) in [5.74, 6) is 0.757. The van der Waals surface area contributed by atoms with E-state index in [4.69, 9.17) is 0 Å². The minimum Gasteiger partial charge on any atom is -0.352 e. The van der Waals surface area contributed by atoms with Gasteiger partial charge in [-0.25, -0.2) is 9.48 Å². The largest absolute Gasteiger partial charge is 0.352 e. The van der Waals surface area contributed by atoms with Crippen LogP contribution in [0.15, 0.2) is 4.79 Å². The van der Waals surface area contributed by atoms with Gasteiger partial charge in [0.2, 0.25) is 5.91 Å². The van der Waals surface area contributed by atoms with Crippen molar-refractivity contribution in [1.29, 1.82) is 0 Å². The van der Waals surface area contributed by atoms with Gasteiger partial charge in [0.15, 0.2) is 0 Å². The molecule has 0 radical (unpaired) electrons. The Morgan fingerprint density at radius 1 is 1.09 bits per heavy atom. The summed E-state index contributed by atoms with van der Waals surface area (Å²) in [6.07, 6.45) is 11.1. The quantitative estimate of drug-likeness (QED) is 0.863. The van der Waals surface area contributed by atoms with Crippen molar-refractivity contribution in [2.24, 2.45) is 0 Å². The van der Waals surface area contributed by atoms with E-state index in [9.17, 15) is 9.59 Å². The molecule has 6 nitrogen and oxygen atoms in total. The Balaban J connectivity index is 1.63. The molecule has 22 heavy (non-hydrogen) atoms. The lowest BCUT2D eigenvalue weighted by molar-refractivity contribution is -0.122. The van der Waals surface area contributed by atoms with Crippen molar-refractivity contribution in [2.75, 3.05) is 0 Å². The van der Waals surface area contributed by atoms with Crippen LogP contribution in [0.4, 0.5) is 0 Å². The molecule has 1 aromatic heterocycles. The summed E-state index contributed by atoms with van der Waals surface area (Å²) in [5.41, 5.74) is -0.132. The average Bonchev–Trinajstić information content (AvgIpc) is 2.77. The topological polar surface area (TPSA) is 68.9 Å². The normalized spacial score (nSPS) is 20.0. The molecule has 6 heteroatoms. The molecular weight excluding hydrogens is 280 g/mol. The third-order valence-corrected chi connectivity index (χ3v) is 4.80. The number of hydrogen-bond donors (Lipinski definition) is 1. The molecule has 0 aromatic carbocycles. The Hall–Kier alpha value is -1.59. The van der Waals surface area contributed by atoms with Crippen LogP contribution in [0.25, 0.3) is 0 Å². The smallest absolute Gasteiger partial charge is 0.346 e. The molecular formula is C16H26N4O2. The Labute approximate surface area is 130 Å². The standard InChI is InChI=1S/C16H26N4O2/c21-15(17-13-8-4-1-2-5-9-13)12-20-16(22)19-11-7-3-6-10-14(19)18-20/h13H,1-12H2,(H,17,21). The van der Waals surface area contributed by atoms with Crippen molar-refractivity contribution < 1.29 is 4.79 Å². The molecule has 0 saturated heterocycles. The number of aryl methyl sites for hydroxylation is 1. The van der Waals surface area contributed by atoms with Gasteiger partial charge in [-0.3, -0.25) is 9.36 Å². The molecule has 1 amide bonds. The van der Waals surface area contributed by atoms with E-state index in [-0.39, 0.29) is 24.2 Å². The Morgan fingerprint density at radius 3 is 2.59 bits per heavy atom. The third-order valence-electron chi connectivity index (χ3n) is 4.80. The molecule has 1 fully saturated rings. The maximum atomic E-state index is 12.3. The first-order valence-corrected chi connectivity index (χ1v) is 8.70. The van der Waals surface area contributed by atoms with E-state index in [2.05, 4.69) is 10.4 Å². The van der Waals surface area contributed by atoms with Gasteiger partial charge in [-0.05, 0) is 25.7 Å². The highest BCUT2D eigenvalue weighted by atomic mass is 16.2. The lowest BCUT2D eigenvalue weighted by Crippen LogP contribution is -2.39. The molecule has 1 aliphatic heterocycles. The van der Waals surface area contributed by atoms with Crippen LogP contribution in [0.3, 0.4) is 0 Å². The van der Waals surface area contributed by atoms with Crippen LogP contribution in [0.2, 0.25) is 0 Å². The van der Waals surface area contributed by atoms with Crippen molar-refractivity contribution in [3.63, 3.8) is 0 Å². The summed E-state index contributed by atoms with van der Waals surface area (Å²) in [6, 6.07) is 0.270. The monoisotopic (exact) mass is 306 g/mol. The highest BCUT2D eigenvalue weighted by Crippen LogP contribution is 2.17. The summed E-state index contributed by atoms with van der Waals surface area (Å²) in [7, 11) is 0. The molecule has 0 unspecified atom stereocenters. The Bertz CT molecular complexity index is 567. The van der Waals surface area contributed by atoms with Gasteiger partial charge < -0.3 is 5.32 Å². The molecule has 2 aliphatic rings. The zero-order valence-electron chi connectivity index (χ0n) is 13.2. The highest BCUT2D eigenvalue weighted by molar-refractivity contribution is 5.75. The number of amides is 1. The van der Waals surface area contributed by atoms with Crippen molar-refractivity contribution in [3.8, 4) is 0 Å². The Morgan fingerprint density at radius 2 is 1.82 bits per heavy atom. The lowest BCUT2D eigenvalue weighted by atomic mass is 10.1. The summed E-state index contributed by atoms with van der Waals surface area (Å²) in [6.45, 7) is 0.785. The predicted molar refractivity (Wildman–Crippen MR) is 83.7 cm³/mol. The first-order chi connectivity index (χ1) is 10.7. The van der Waals surface area contributed by atoms with Gasteiger partial charge in [-0.1, -0.05) is 32.1 Å². The van der Waals surface area contributed by atoms with E-state index in [1.807, 2.05) is 0 Å². The fourth-order valence-electron chi connectivity index (χ4n) is 3.56. The number of nitrogens with one attached hydrogen (secondary N) is 1. The first-order valence-electron chi connectivity index (χ1n) is 8.70. The SMILES string of the molecule is O=C(Cn1nc2n(c1=O)CCCCC2)NC1CCCCCC1. The minimum atomic E-state index is -0.132. The second-order valence-electron chi connectivity index (χ2n) is 6.57. The molecule has 0 atom stereocenters. The molecule has 1 aromatic rings. The number of nitrogens with zero attached hydrogens (tertiary/aromatic N) is 3. The molecule has 1 aliphatic carbocycles. The summed E-state index contributed by atoms with van der Waals surface area (Å²) in [5, 5.41) is 7.45. The van der Waals surface area contributed by atoms with Crippen LogP contribution < -0.4 is 11.0 Å². The summed E-state index contributed by atoms with van der Waals surface area (Å²) < 4.78 is 3.08. The van der Waals surface area contributed by atoms with Gasteiger partial charge in [-0.15, -0.1) is 0 Å². The number of fused-ring (bicyclic) bond motifs is 1. The van der Waals surface area contributed by atoms with E-state index >= 15 is 0 Å². The molecule has 0 spiro atoms. The molecule has 3 rings (SSSR count). The van der Waals surface area contributed by atoms with Crippen LogP contribution in [0.1, 0.15) is 63.6 Å². The number of aromatic nitrogens is 3. The number of carbonyl (C=O) groups excluding carboxylic acids is 1. The number of carbonyl (C=O) groups is 1. The van der Waals surface area contributed by atoms with Crippen LogP contribution in [0.5, 0.6) is 0 Å². The molecule has 1 saturated carbocycles. The Kier molecular flexibility index (Phi) is 4.95. The van der Waals surface area contributed by atoms with E-state index in [1.165, 1.54) is 30.4 Å². The molecule has 2 heterocycles. The zero-order chi connectivity index (χ0) is 15.4. The van der Waals surface area contributed by atoms with Gasteiger partial charge in [0.25, 0.3) is 0 Å². The second-order valence-corrected chi connectivity index (χ2v) is 6.57. The first kappa shape index (κ1) is 15.3. The van der Waals surface area contributed by atoms with Gasteiger partial charge in [0, 0.05) is 19.0 Å². The van der Waals surface area contributed by atoms with E-state index < -0.39 is 0 Å². The van der Waals surface area contributed by atoms with Crippen LogP contribution in [0, 0.1) is 0 Å². The lowest BCUT2D eigenvalue weighted by Gasteiger charge is -2.15. The third kappa shape index (κ3) is 3.59. The fourth-order valence-corrected chi connectivity index (χ4v) is 3.56. The summed E-state index contributed by atoms with van der Waals surface area (Å²) >= 11 is 0. The van der Waals surface area contributed by atoms with Crippen molar-refractivity contribution in [2.45, 2.75) is 83.3 Å². The van der Waals surface area contributed by atoms with Gasteiger partial charge in [0.05, 0.1) is 0 Å². The van der Waals surface area contributed by atoms with Gasteiger partial charge >= 0.3 is 5.69 Å². The maximum absolute atomic E-state index is 12.3. The fraction of sp³-hybridized carbons (Fsp3) is 0.812. The maximum Gasteiger partial charge on any atom is 0.346 e. The van der Waals surface area contributed by atoms with Crippen molar-refractivity contribution >= 4 is 5.91 Å².